The van der Waals surface area contributed by atoms with Gasteiger partial charge in [0.25, 0.3) is 10.0 Å². The topological polar surface area (TPSA) is 94.1 Å². The highest BCUT2D eigenvalue weighted by Crippen LogP contribution is 2.38. The second kappa shape index (κ2) is 8.28. The molecule has 0 saturated carbocycles. The van der Waals surface area contributed by atoms with E-state index < -0.39 is 27.6 Å². The van der Waals surface area contributed by atoms with Crippen LogP contribution in [0.2, 0.25) is 0 Å². The van der Waals surface area contributed by atoms with Crippen molar-refractivity contribution in [3.05, 3.63) is 72.4 Å². The van der Waals surface area contributed by atoms with E-state index in [1.807, 2.05) is 0 Å². The summed E-state index contributed by atoms with van der Waals surface area (Å²) in [5.41, 5.74) is -0.243. The summed E-state index contributed by atoms with van der Waals surface area (Å²) in [6, 6.07) is 8.75. The number of pyridine rings is 1. The van der Waals surface area contributed by atoms with E-state index in [4.69, 9.17) is 4.74 Å². The highest BCUT2D eigenvalue weighted by atomic mass is 32.2. The summed E-state index contributed by atoms with van der Waals surface area (Å²) in [4.78, 5) is 11.3. The third kappa shape index (κ3) is 4.55. The van der Waals surface area contributed by atoms with Crippen LogP contribution in [-0.4, -0.2) is 30.5 Å². The number of halogens is 4. The van der Waals surface area contributed by atoms with Crippen LogP contribution in [0, 0.1) is 5.82 Å². The van der Waals surface area contributed by atoms with Crippen molar-refractivity contribution in [3.8, 4) is 17.0 Å². The predicted molar refractivity (Wildman–Crippen MR) is 112 cm³/mol. The maximum atomic E-state index is 13.1. The zero-order valence-electron chi connectivity index (χ0n) is 16.8. The lowest BCUT2D eigenvalue weighted by Crippen LogP contribution is -2.15. The second-order valence-corrected chi connectivity index (χ2v) is 8.47. The molecule has 4 aromatic rings. The molecular formula is C21H14F4N4O3S. The molecule has 0 amide bonds. The van der Waals surface area contributed by atoms with Crippen LogP contribution in [-0.2, 0) is 16.2 Å². The van der Waals surface area contributed by atoms with Crippen LogP contribution in [0.1, 0.15) is 5.56 Å². The monoisotopic (exact) mass is 478 g/mol. The molecule has 0 radical (unpaired) electrons. The fourth-order valence-electron chi connectivity index (χ4n) is 3.15. The molecule has 2 heterocycles. The largest absolute Gasteiger partial charge is 0.496 e. The van der Waals surface area contributed by atoms with Crippen molar-refractivity contribution in [2.45, 2.75) is 11.1 Å². The molecule has 0 bridgehead atoms. The molecule has 7 nitrogen and oxygen atoms in total. The molecule has 12 heteroatoms. The number of ether oxygens (including phenoxy) is 1. The van der Waals surface area contributed by atoms with Gasteiger partial charge in [-0.1, -0.05) is 6.07 Å². The number of hydrogen-bond donors (Lipinski definition) is 1. The van der Waals surface area contributed by atoms with Crippen molar-refractivity contribution in [1.29, 1.82) is 0 Å². The summed E-state index contributed by atoms with van der Waals surface area (Å²) in [7, 11) is -2.85. The Kier molecular flexibility index (Phi) is 5.62. The Morgan fingerprint density at radius 3 is 2.36 bits per heavy atom. The highest BCUT2D eigenvalue weighted by Gasteiger charge is 2.31. The number of methoxy groups -OCH3 is 1. The second-order valence-electron chi connectivity index (χ2n) is 6.79. The van der Waals surface area contributed by atoms with Crippen molar-refractivity contribution in [2.24, 2.45) is 0 Å². The summed E-state index contributed by atoms with van der Waals surface area (Å²) in [5.74, 6) is -1.06. The van der Waals surface area contributed by atoms with E-state index in [0.717, 1.165) is 24.5 Å². The van der Waals surface area contributed by atoms with Crippen LogP contribution in [0.5, 0.6) is 5.75 Å². The van der Waals surface area contributed by atoms with Gasteiger partial charge in [0, 0.05) is 17.1 Å². The Bertz CT molecular complexity index is 1440. The van der Waals surface area contributed by atoms with Crippen LogP contribution in [0.15, 0.2) is 66.0 Å². The number of anilines is 1. The summed E-state index contributed by atoms with van der Waals surface area (Å²) >= 11 is 0. The van der Waals surface area contributed by atoms with Crippen LogP contribution >= 0.6 is 0 Å². The average Bonchev–Trinajstić information content (AvgIpc) is 2.78. The number of fused-ring (bicyclic) bond motifs is 1. The van der Waals surface area contributed by atoms with Gasteiger partial charge < -0.3 is 4.74 Å². The standard InChI is InChI=1S/C21H14F4N4O3S/c1-32-18-9-13(21(23,24)25)2-4-17(18)19-16-5-3-15(8-12(16)6-7-26-19)33(30,31)29-20-27-10-14(22)11-28-20/h2-11H,1H3,(H,27,28,29). The molecule has 0 spiro atoms. The summed E-state index contributed by atoms with van der Waals surface area (Å²) in [6.07, 6.45) is -1.49. The van der Waals surface area contributed by atoms with E-state index in [0.29, 0.717) is 22.0 Å². The van der Waals surface area contributed by atoms with E-state index in [1.54, 1.807) is 6.07 Å². The number of aromatic nitrogens is 3. The first-order valence-corrected chi connectivity index (χ1v) is 10.7. The van der Waals surface area contributed by atoms with E-state index in [-0.39, 0.29) is 16.6 Å². The van der Waals surface area contributed by atoms with Gasteiger partial charge >= 0.3 is 6.18 Å². The number of alkyl halides is 3. The highest BCUT2D eigenvalue weighted by molar-refractivity contribution is 7.92. The zero-order chi connectivity index (χ0) is 23.8. The smallest absolute Gasteiger partial charge is 0.416 e. The molecule has 0 atom stereocenters. The molecule has 0 fully saturated rings. The van der Waals surface area contributed by atoms with Gasteiger partial charge in [-0.05, 0) is 41.8 Å². The minimum atomic E-state index is -4.54. The number of rotatable bonds is 5. The third-order valence-electron chi connectivity index (χ3n) is 4.68. The van der Waals surface area contributed by atoms with Gasteiger partial charge in [-0.3, -0.25) is 4.98 Å². The Hall–Kier alpha value is -3.80. The number of sulfonamides is 1. The summed E-state index contributed by atoms with van der Waals surface area (Å²) < 4.78 is 84.8. The fourth-order valence-corrected chi connectivity index (χ4v) is 4.14. The van der Waals surface area contributed by atoms with Crippen LogP contribution < -0.4 is 9.46 Å². The maximum absolute atomic E-state index is 13.1. The number of nitrogens with one attached hydrogen (secondary N) is 1. The van der Waals surface area contributed by atoms with Crippen molar-refractivity contribution >= 4 is 26.7 Å². The lowest BCUT2D eigenvalue weighted by molar-refractivity contribution is -0.137. The molecule has 0 unspecified atom stereocenters. The molecule has 0 saturated heterocycles. The van der Waals surface area contributed by atoms with Gasteiger partial charge in [0.1, 0.15) is 5.75 Å². The Labute approximate surface area is 185 Å². The normalized spacial score (nSPS) is 12.0. The zero-order valence-corrected chi connectivity index (χ0v) is 17.6. The molecule has 0 aliphatic heterocycles. The Balaban J connectivity index is 1.76. The van der Waals surface area contributed by atoms with Crippen molar-refractivity contribution < 1.29 is 30.7 Å². The molecule has 2 aromatic heterocycles. The van der Waals surface area contributed by atoms with E-state index >= 15 is 0 Å². The molecule has 4 rings (SSSR count). The SMILES string of the molecule is COc1cc(C(F)(F)F)ccc1-c1nccc2cc(S(=O)(=O)Nc3ncc(F)cn3)ccc12. The first-order chi connectivity index (χ1) is 15.6. The quantitative estimate of drug-likeness (QED) is 0.420. The van der Waals surface area contributed by atoms with Gasteiger partial charge in [0.2, 0.25) is 5.95 Å². The summed E-state index contributed by atoms with van der Waals surface area (Å²) in [5, 5.41) is 0.956. The Morgan fingerprint density at radius 1 is 0.970 bits per heavy atom. The van der Waals surface area contributed by atoms with Crippen LogP contribution in [0.4, 0.5) is 23.5 Å². The van der Waals surface area contributed by atoms with Crippen molar-refractivity contribution in [3.63, 3.8) is 0 Å². The van der Waals surface area contributed by atoms with Gasteiger partial charge in [-0.15, -0.1) is 0 Å². The molecule has 0 aliphatic rings. The summed E-state index contributed by atoms with van der Waals surface area (Å²) in [6.45, 7) is 0. The lowest BCUT2D eigenvalue weighted by Gasteiger charge is -2.14. The first-order valence-electron chi connectivity index (χ1n) is 9.23. The number of nitrogens with zero attached hydrogens (tertiary/aromatic N) is 3. The predicted octanol–water partition coefficient (Wildman–Crippen LogP) is 4.66. The van der Waals surface area contributed by atoms with E-state index in [2.05, 4.69) is 19.7 Å². The van der Waals surface area contributed by atoms with E-state index in [9.17, 15) is 26.0 Å². The van der Waals surface area contributed by atoms with E-state index in [1.165, 1.54) is 37.6 Å². The first kappa shape index (κ1) is 22.4. The molecule has 170 valence electrons. The van der Waals surface area contributed by atoms with Crippen molar-refractivity contribution in [2.75, 3.05) is 11.8 Å². The minimum absolute atomic E-state index is 0.0309. The fraction of sp³-hybridized carbons (Fsp3) is 0.0952. The molecule has 33 heavy (non-hydrogen) atoms. The molecule has 2 aromatic carbocycles. The van der Waals surface area contributed by atoms with Gasteiger partial charge in [-0.2, -0.15) is 13.2 Å². The van der Waals surface area contributed by atoms with Gasteiger partial charge in [-0.25, -0.2) is 27.5 Å². The maximum Gasteiger partial charge on any atom is 0.416 e. The lowest BCUT2D eigenvalue weighted by atomic mass is 10.0. The molecule has 1 N–H and O–H groups in total. The van der Waals surface area contributed by atoms with Crippen LogP contribution in [0.3, 0.4) is 0 Å². The van der Waals surface area contributed by atoms with Gasteiger partial charge in [0.05, 0.1) is 35.7 Å². The third-order valence-corrected chi connectivity index (χ3v) is 6.00. The molecular weight excluding hydrogens is 464 g/mol. The van der Waals surface area contributed by atoms with Crippen molar-refractivity contribution in [1.82, 2.24) is 15.0 Å². The Morgan fingerprint density at radius 2 is 1.70 bits per heavy atom. The number of benzene rings is 2. The van der Waals surface area contributed by atoms with Gasteiger partial charge in [0.15, 0.2) is 5.82 Å². The minimum Gasteiger partial charge on any atom is -0.496 e. The molecule has 0 aliphatic carbocycles. The van der Waals surface area contributed by atoms with Crippen LogP contribution in [0.25, 0.3) is 22.0 Å². The average molecular weight is 478 g/mol. The number of hydrogen-bond acceptors (Lipinski definition) is 6.